The number of carbonyl (C=O) groups is 1. The van der Waals surface area contributed by atoms with Crippen molar-refractivity contribution in [3.8, 4) is 34.4 Å². The number of hydrogen-bond acceptors (Lipinski definition) is 7. The molecule has 0 unspecified atom stereocenters. The normalized spacial score (nSPS) is 11.0. The van der Waals surface area contributed by atoms with Crippen LogP contribution in [0.4, 0.5) is 0 Å². The summed E-state index contributed by atoms with van der Waals surface area (Å²) < 4.78 is 12.8. The van der Waals surface area contributed by atoms with E-state index >= 15 is 0 Å². The summed E-state index contributed by atoms with van der Waals surface area (Å²) in [6.07, 6.45) is 4.92. The molecular weight excluding hydrogens is 456 g/mol. The SMILES string of the molecule is CC(C)Oc1ccc(CNC(=O)c2cn(-c3ncccc3-c3nc(-c4ccccc4)no3)cn2)cc1. The van der Waals surface area contributed by atoms with Crippen LogP contribution in [0, 0.1) is 0 Å². The smallest absolute Gasteiger partial charge is 0.271 e. The van der Waals surface area contributed by atoms with Gasteiger partial charge in [-0.15, -0.1) is 0 Å². The minimum Gasteiger partial charge on any atom is -0.491 e. The maximum Gasteiger partial charge on any atom is 0.271 e. The third kappa shape index (κ3) is 5.15. The minimum absolute atomic E-state index is 0.107. The Kier molecular flexibility index (Phi) is 6.53. The Labute approximate surface area is 207 Å². The molecule has 1 amide bonds. The molecule has 1 N–H and O–H groups in total. The number of carbonyl (C=O) groups excluding carboxylic acids is 1. The number of rotatable bonds is 8. The highest BCUT2D eigenvalue weighted by Gasteiger charge is 2.18. The number of aromatic nitrogens is 5. The van der Waals surface area contributed by atoms with Crippen LogP contribution in [0.15, 0.2) is 90.0 Å². The van der Waals surface area contributed by atoms with E-state index in [1.54, 1.807) is 23.0 Å². The molecule has 0 saturated heterocycles. The molecule has 9 nitrogen and oxygen atoms in total. The molecule has 0 fully saturated rings. The summed E-state index contributed by atoms with van der Waals surface area (Å²) in [5.41, 5.74) is 2.69. The van der Waals surface area contributed by atoms with Crippen LogP contribution < -0.4 is 10.1 Å². The van der Waals surface area contributed by atoms with Gasteiger partial charge in [-0.25, -0.2) is 9.97 Å². The maximum atomic E-state index is 12.7. The van der Waals surface area contributed by atoms with Crippen molar-refractivity contribution in [3.05, 3.63) is 96.7 Å². The predicted octanol–water partition coefficient (Wildman–Crippen LogP) is 4.70. The highest BCUT2D eigenvalue weighted by molar-refractivity contribution is 5.92. The van der Waals surface area contributed by atoms with Gasteiger partial charge in [0.2, 0.25) is 5.82 Å². The quantitative estimate of drug-likeness (QED) is 0.343. The number of pyridine rings is 1. The van der Waals surface area contributed by atoms with Crippen LogP contribution in [-0.4, -0.2) is 36.7 Å². The fourth-order valence-corrected chi connectivity index (χ4v) is 3.59. The van der Waals surface area contributed by atoms with E-state index in [1.165, 1.54) is 6.33 Å². The summed E-state index contributed by atoms with van der Waals surface area (Å²) in [4.78, 5) is 26.0. The molecule has 0 bridgehead atoms. The Morgan fingerprint density at radius 1 is 1.03 bits per heavy atom. The van der Waals surface area contributed by atoms with Gasteiger partial charge in [-0.3, -0.25) is 9.36 Å². The molecule has 5 aromatic rings. The van der Waals surface area contributed by atoms with Crippen molar-refractivity contribution in [1.82, 2.24) is 30.0 Å². The number of imidazole rings is 1. The van der Waals surface area contributed by atoms with Crippen molar-refractivity contribution in [2.24, 2.45) is 0 Å². The van der Waals surface area contributed by atoms with Gasteiger partial charge in [0.05, 0.1) is 11.7 Å². The molecule has 36 heavy (non-hydrogen) atoms. The summed E-state index contributed by atoms with van der Waals surface area (Å²) in [5, 5.41) is 6.98. The molecule has 3 aromatic heterocycles. The molecule has 2 aromatic carbocycles. The van der Waals surface area contributed by atoms with Crippen LogP contribution in [0.5, 0.6) is 5.75 Å². The van der Waals surface area contributed by atoms with Crippen LogP contribution in [0.25, 0.3) is 28.7 Å². The monoisotopic (exact) mass is 480 g/mol. The first-order valence-corrected chi connectivity index (χ1v) is 11.5. The van der Waals surface area contributed by atoms with E-state index in [9.17, 15) is 4.79 Å². The Morgan fingerprint density at radius 2 is 1.83 bits per heavy atom. The number of amides is 1. The Morgan fingerprint density at radius 3 is 2.61 bits per heavy atom. The molecule has 0 aliphatic rings. The number of nitrogens with zero attached hydrogens (tertiary/aromatic N) is 5. The Hall–Kier alpha value is -4.79. The van der Waals surface area contributed by atoms with Crippen molar-refractivity contribution in [1.29, 1.82) is 0 Å². The molecule has 180 valence electrons. The lowest BCUT2D eigenvalue weighted by Gasteiger charge is -2.10. The van der Waals surface area contributed by atoms with Crippen LogP contribution in [0.1, 0.15) is 29.9 Å². The molecule has 0 aliphatic heterocycles. The molecule has 0 aliphatic carbocycles. The zero-order valence-corrected chi connectivity index (χ0v) is 19.8. The lowest BCUT2D eigenvalue weighted by molar-refractivity contribution is 0.0946. The summed E-state index contributed by atoms with van der Waals surface area (Å²) >= 11 is 0. The van der Waals surface area contributed by atoms with Gasteiger partial charge >= 0.3 is 0 Å². The summed E-state index contributed by atoms with van der Waals surface area (Å²) in [6, 6.07) is 20.8. The second-order valence-corrected chi connectivity index (χ2v) is 8.32. The highest BCUT2D eigenvalue weighted by atomic mass is 16.5. The molecule has 9 heteroatoms. The topological polar surface area (TPSA) is 108 Å². The predicted molar refractivity (Wildman–Crippen MR) is 133 cm³/mol. The van der Waals surface area contributed by atoms with Gasteiger partial charge in [0.1, 0.15) is 17.8 Å². The van der Waals surface area contributed by atoms with Crippen LogP contribution in [0.2, 0.25) is 0 Å². The summed E-state index contributed by atoms with van der Waals surface area (Å²) in [7, 11) is 0. The lowest BCUT2D eigenvalue weighted by Crippen LogP contribution is -2.23. The number of nitrogens with one attached hydrogen (secondary N) is 1. The fraction of sp³-hybridized carbons (Fsp3) is 0.148. The van der Waals surface area contributed by atoms with Gasteiger partial charge in [-0.1, -0.05) is 47.6 Å². The van der Waals surface area contributed by atoms with E-state index in [1.807, 2.05) is 74.5 Å². The first-order chi connectivity index (χ1) is 17.6. The van der Waals surface area contributed by atoms with Crippen molar-refractivity contribution in [2.45, 2.75) is 26.5 Å². The van der Waals surface area contributed by atoms with E-state index in [0.29, 0.717) is 29.6 Å². The average molecular weight is 481 g/mol. The zero-order chi connectivity index (χ0) is 24.9. The van der Waals surface area contributed by atoms with Crippen molar-refractivity contribution >= 4 is 5.91 Å². The number of hydrogen-bond donors (Lipinski definition) is 1. The second kappa shape index (κ2) is 10.2. The maximum absolute atomic E-state index is 12.7. The zero-order valence-electron chi connectivity index (χ0n) is 19.8. The van der Waals surface area contributed by atoms with Crippen LogP contribution >= 0.6 is 0 Å². The first kappa shape index (κ1) is 23.0. The van der Waals surface area contributed by atoms with Gasteiger partial charge in [-0.2, -0.15) is 4.98 Å². The van der Waals surface area contributed by atoms with Gasteiger partial charge in [0, 0.05) is 24.5 Å². The van der Waals surface area contributed by atoms with Gasteiger partial charge in [0.25, 0.3) is 11.8 Å². The number of benzene rings is 2. The Bertz CT molecular complexity index is 1460. The van der Waals surface area contributed by atoms with E-state index in [0.717, 1.165) is 16.9 Å². The molecule has 0 atom stereocenters. The standard InChI is InChI=1S/C27H24N6O3/c1-18(2)35-21-12-10-19(11-13-21)15-29-26(34)23-16-33(17-30-23)25-22(9-6-14-28-25)27-31-24(32-36-27)20-7-4-3-5-8-20/h3-14,16-18H,15H2,1-2H3,(H,29,34). The van der Waals surface area contributed by atoms with Gasteiger partial charge < -0.3 is 14.6 Å². The van der Waals surface area contributed by atoms with Crippen molar-refractivity contribution in [3.63, 3.8) is 0 Å². The number of ether oxygens (including phenoxy) is 1. The van der Waals surface area contributed by atoms with Gasteiger partial charge in [-0.05, 0) is 43.7 Å². The molecule has 0 spiro atoms. The van der Waals surface area contributed by atoms with E-state index in [2.05, 4.69) is 25.4 Å². The van der Waals surface area contributed by atoms with Crippen LogP contribution in [-0.2, 0) is 6.54 Å². The van der Waals surface area contributed by atoms with E-state index < -0.39 is 0 Å². The third-order valence-electron chi connectivity index (χ3n) is 5.28. The molecule has 5 rings (SSSR count). The molecular formula is C27H24N6O3. The fourth-order valence-electron chi connectivity index (χ4n) is 3.59. The third-order valence-corrected chi connectivity index (χ3v) is 5.28. The second-order valence-electron chi connectivity index (χ2n) is 8.32. The Balaban J connectivity index is 1.30. The van der Waals surface area contributed by atoms with E-state index in [-0.39, 0.29) is 17.7 Å². The molecule has 0 saturated carbocycles. The van der Waals surface area contributed by atoms with Crippen LogP contribution in [0.3, 0.4) is 0 Å². The van der Waals surface area contributed by atoms with Gasteiger partial charge in [0.15, 0.2) is 5.82 Å². The minimum atomic E-state index is -0.294. The van der Waals surface area contributed by atoms with Crippen molar-refractivity contribution < 1.29 is 14.1 Å². The molecule has 3 heterocycles. The first-order valence-electron chi connectivity index (χ1n) is 11.5. The summed E-state index contributed by atoms with van der Waals surface area (Å²) in [5.74, 6) is 1.82. The molecule has 0 radical (unpaired) electrons. The van der Waals surface area contributed by atoms with Crippen molar-refractivity contribution in [2.75, 3.05) is 0 Å². The van der Waals surface area contributed by atoms with E-state index in [4.69, 9.17) is 9.26 Å². The summed E-state index contributed by atoms with van der Waals surface area (Å²) in [6.45, 7) is 4.32. The highest BCUT2D eigenvalue weighted by Crippen LogP contribution is 2.26. The lowest BCUT2D eigenvalue weighted by atomic mass is 10.2. The largest absolute Gasteiger partial charge is 0.491 e. The average Bonchev–Trinajstić information content (AvgIpc) is 3.59.